The van der Waals surface area contributed by atoms with E-state index >= 15 is 0 Å². The van der Waals surface area contributed by atoms with Crippen molar-refractivity contribution in [2.75, 3.05) is 23.3 Å². The van der Waals surface area contributed by atoms with Crippen LogP contribution in [0.3, 0.4) is 0 Å². The second kappa shape index (κ2) is 5.77. The number of nitrogens with one attached hydrogen (secondary N) is 1. The van der Waals surface area contributed by atoms with Crippen LogP contribution in [0.5, 0.6) is 0 Å². The summed E-state index contributed by atoms with van der Waals surface area (Å²) in [5.74, 6) is -0.251. The fourth-order valence-corrected chi connectivity index (χ4v) is 2.20. The SMILES string of the molecule is CCC(C(N)=O)N1CCNc2ccccc21.Cl. The Hall–Kier alpha value is -1.42. The molecular formula is C12H18ClN3O. The molecule has 5 heteroatoms. The van der Waals surface area contributed by atoms with Gasteiger partial charge in [0.1, 0.15) is 6.04 Å². The third-order valence-corrected chi connectivity index (χ3v) is 2.97. The van der Waals surface area contributed by atoms with Crippen LogP contribution in [0.15, 0.2) is 24.3 Å². The van der Waals surface area contributed by atoms with Crippen LogP contribution in [0, 0.1) is 0 Å². The van der Waals surface area contributed by atoms with E-state index < -0.39 is 0 Å². The molecule has 1 aliphatic heterocycles. The average molecular weight is 256 g/mol. The average Bonchev–Trinajstić information content (AvgIpc) is 2.30. The van der Waals surface area contributed by atoms with Gasteiger partial charge in [-0.1, -0.05) is 19.1 Å². The van der Waals surface area contributed by atoms with Crippen molar-refractivity contribution in [2.45, 2.75) is 19.4 Å². The van der Waals surface area contributed by atoms with E-state index in [4.69, 9.17) is 5.73 Å². The number of amides is 1. The molecule has 0 aliphatic carbocycles. The predicted octanol–water partition coefficient (Wildman–Crippen LogP) is 1.60. The topological polar surface area (TPSA) is 58.4 Å². The van der Waals surface area contributed by atoms with Gasteiger partial charge in [-0.3, -0.25) is 4.79 Å². The molecule has 0 radical (unpaired) electrons. The highest BCUT2D eigenvalue weighted by Crippen LogP contribution is 2.30. The summed E-state index contributed by atoms with van der Waals surface area (Å²) in [6, 6.07) is 7.80. The number of rotatable bonds is 3. The molecule has 1 aliphatic rings. The number of hydrogen-bond donors (Lipinski definition) is 2. The lowest BCUT2D eigenvalue weighted by atomic mass is 10.1. The van der Waals surface area contributed by atoms with Crippen LogP contribution >= 0.6 is 12.4 Å². The minimum absolute atomic E-state index is 0. The number of hydrogen-bond acceptors (Lipinski definition) is 3. The van der Waals surface area contributed by atoms with E-state index in [1.165, 1.54) is 0 Å². The summed E-state index contributed by atoms with van der Waals surface area (Å²) in [7, 11) is 0. The predicted molar refractivity (Wildman–Crippen MR) is 72.8 cm³/mol. The fraction of sp³-hybridized carbons (Fsp3) is 0.417. The molecule has 0 fully saturated rings. The van der Waals surface area contributed by atoms with Crippen LogP contribution in [0.25, 0.3) is 0 Å². The third-order valence-electron chi connectivity index (χ3n) is 2.97. The molecule has 0 aromatic heterocycles. The van der Waals surface area contributed by atoms with Gasteiger partial charge in [-0.2, -0.15) is 0 Å². The smallest absolute Gasteiger partial charge is 0.240 e. The summed E-state index contributed by atoms with van der Waals surface area (Å²) < 4.78 is 0. The Morgan fingerprint density at radius 3 is 2.88 bits per heavy atom. The number of fused-ring (bicyclic) bond motifs is 1. The van der Waals surface area contributed by atoms with Crippen molar-refractivity contribution in [3.8, 4) is 0 Å². The van der Waals surface area contributed by atoms with Crippen molar-refractivity contribution in [3.05, 3.63) is 24.3 Å². The van der Waals surface area contributed by atoms with E-state index in [-0.39, 0.29) is 24.4 Å². The largest absolute Gasteiger partial charge is 0.382 e. The normalized spacial score (nSPS) is 15.2. The molecule has 0 saturated carbocycles. The maximum absolute atomic E-state index is 11.4. The molecule has 0 bridgehead atoms. The maximum Gasteiger partial charge on any atom is 0.240 e. The second-order valence-corrected chi connectivity index (χ2v) is 3.96. The van der Waals surface area contributed by atoms with Crippen LogP contribution < -0.4 is 16.0 Å². The van der Waals surface area contributed by atoms with Gasteiger partial charge in [0.05, 0.1) is 11.4 Å². The van der Waals surface area contributed by atoms with Gasteiger partial charge in [-0.15, -0.1) is 12.4 Å². The molecule has 1 amide bonds. The Balaban J connectivity index is 0.00000144. The fourth-order valence-electron chi connectivity index (χ4n) is 2.20. The molecule has 2 rings (SSSR count). The van der Waals surface area contributed by atoms with E-state index in [1.54, 1.807) is 0 Å². The first-order chi connectivity index (χ1) is 7.74. The van der Waals surface area contributed by atoms with Gasteiger partial charge in [0.25, 0.3) is 0 Å². The molecule has 0 spiro atoms. The molecule has 1 heterocycles. The number of halogens is 1. The monoisotopic (exact) mass is 255 g/mol. The van der Waals surface area contributed by atoms with Crippen LogP contribution in [-0.4, -0.2) is 25.0 Å². The van der Waals surface area contributed by atoms with E-state index in [0.29, 0.717) is 0 Å². The van der Waals surface area contributed by atoms with Crippen molar-refractivity contribution in [1.29, 1.82) is 0 Å². The Morgan fingerprint density at radius 2 is 2.24 bits per heavy atom. The number of primary amides is 1. The summed E-state index contributed by atoms with van der Waals surface area (Å²) >= 11 is 0. The number of para-hydroxylation sites is 2. The first kappa shape index (κ1) is 13.6. The Bertz CT molecular complexity index is 397. The van der Waals surface area contributed by atoms with Crippen molar-refractivity contribution in [1.82, 2.24) is 0 Å². The zero-order valence-electron chi connectivity index (χ0n) is 9.85. The molecule has 1 aromatic carbocycles. The van der Waals surface area contributed by atoms with Gasteiger partial charge in [0, 0.05) is 13.1 Å². The molecule has 4 nitrogen and oxygen atoms in total. The van der Waals surface area contributed by atoms with Crippen LogP contribution in [0.4, 0.5) is 11.4 Å². The van der Waals surface area contributed by atoms with Crippen LogP contribution in [0.2, 0.25) is 0 Å². The highest BCUT2D eigenvalue weighted by molar-refractivity contribution is 5.86. The maximum atomic E-state index is 11.4. The Morgan fingerprint density at radius 1 is 1.53 bits per heavy atom. The molecular weight excluding hydrogens is 238 g/mol. The number of carbonyl (C=O) groups is 1. The molecule has 17 heavy (non-hydrogen) atoms. The van der Waals surface area contributed by atoms with Gasteiger partial charge in [0.2, 0.25) is 5.91 Å². The van der Waals surface area contributed by atoms with E-state index in [9.17, 15) is 4.79 Å². The zero-order valence-corrected chi connectivity index (χ0v) is 10.7. The number of nitrogens with two attached hydrogens (primary N) is 1. The van der Waals surface area contributed by atoms with Gasteiger partial charge in [0.15, 0.2) is 0 Å². The van der Waals surface area contributed by atoms with Gasteiger partial charge < -0.3 is 16.0 Å². The number of carbonyl (C=O) groups excluding carboxylic acids is 1. The second-order valence-electron chi connectivity index (χ2n) is 3.96. The number of anilines is 2. The van der Waals surface area contributed by atoms with E-state index in [0.717, 1.165) is 30.9 Å². The standard InChI is InChI=1S/C12H17N3O.ClH/c1-2-10(12(13)16)15-8-7-14-9-5-3-4-6-11(9)15;/h3-6,10,14H,2,7-8H2,1H3,(H2,13,16);1H. The molecule has 1 aromatic rings. The van der Waals surface area contributed by atoms with Crippen molar-refractivity contribution >= 4 is 29.7 Å². The minimum Gasteiger partial charge on any atom is -0.382 e. The van der Waals surface area contributed by atoms with E-state index in [1.807, 2.05) is 31.2 Å². The zero-order chi connectivity index (χ0) is 11.5. The molecule has 0 saturated heterocycles. The van der Waals surface area contributed by atoms with Crippen molar-refractivity contribution < 1.29 is 4.79 Å². The molecule has 94 valence electrons. The first-order valence-corrected chi connectivity index (χ1v) is 5.63. The molecule has 1 unspecified atom stereocenters. The lowest BCUT2D eigenvalue weighted by Gasteiger charge is -2.36. The quantitative estimate of drug-likeness (QED) is 0.863. The lowest BCUT2D eigenvalue weighted by molar-refractivity contribution is -0.119. The van der Waals surface area contributed by atoms with Gasteiger partial charge in [-0.25, -0.2) is 0 Å². The summed E-state index contributed by atoms with van der Waals surface area (Å²) in [6.45, 7) is 3.65. The molecule has 1 atom stereocenters. The Kier molecular flexibility index (Phi) is 4.63. The highest BCUT2D eigenvalue weighted by Gasteiger charge is 2.26. The van der Waals surface area contributed by atoms with E-state index in [2.05, 4.69) is 10.2 Å². The number of benzene rings is 1. The van der Waals surface area contributed by atoms with Crippen LogP contribution in [-0.2, 0) is 4.79 Å². The molecule has 3 N–H and O–H groups in total. The summed E-state index contributed by atoms with van der Waals surface area (Å²) in [4.78, 5) is 13.5. The third kappa shape index (κ3) is 2.64. The van der Waals surface area contributed by atoms with Gasteiger partial charge >= 0.3 is 0 Å². The minimum atomic E-state index is -0.251. The summed E-state index contributed by atoms with van der Waals surface area (Å²) in [5.41, 5.74) is 7.58. The van der Waals surface area contributed by atoms with Crippen LogP contribution in [0.1, 0.15) is 13.3 Å². The number of nitrogens with zero attached hydrogens (tertiary/aromatic N) is 1. The van der Waals surface area contributed by atoms with Crippen molar-refractivity contribution in [2.24, 2.45) is 5.73 Å². The van der Waals surface area contributed by atoms with Gasteiger partial charge in [-0.05, 0) is 18.6 Å². The highest BCUT2D eigenvalue weighted by atomic mass is 35.5. The summed E-state index contributed by atoms with van der Waals surface area (Å²) in [5, 5.41) is 3.32. The Labute approximate surface area is 108 Å². The first-order valence-electron chi connectivity index (χ1n) is 5.63. The van der Waals surface area contributed by atoms with Crippen molar-refractivity contribution in [3.63, 3.8) is 0 Å². The summed E-state index contributed by atoms with van der Waals surface area (Å²) in [6.07, 6.45) is 0.740. The lowest BCUT2D eigenvalue weighted by Crippen LogP contribution is -2.48.